The van der Waals surface area contributed by atoms with Crippen LogP contribution in [0.5, 0.6) is 0 Å². The highest BCUT2D eigenvalue weighted by Gasteiger charge is 2.16. The summed E-state index contributed by atoms with van der Waals surface area (Å²) in [6.07, 6.45) is 2.41. The van der Waals surface area contributed by atoms with Crippen LogP contribution in [0.3, 0.4) is 0 Å². The molecule has 0 aromatic heterocycles. The van der Waals surface area contributed by atoms with Gasteiger partial charge in [0, 0.05) is 24.7 Å². The van der Waals surface area contributed by atoms with E-state index in [-0.39, 0.29) is 0 Å². The van der Waals surface area contributed by atoms with Crippen LogP contribution in [0, 0.1) is 17.8 Å². The average molecular weight is 286 g/mol. The normalized spacial score (nSPS) is 11.0. The molecule has 0 bridgehead atoms. The fraction of sp³-hybridized carbons (Fsp3) is 0.579. The quantitative estimate of drug-likeness (QED) is 0.775. The molecule has 0 radical (unpaired) electrons. The zero-order chi connectivity index (χ0) is 15.7. The van der Waals surface area contributed by atoms with Crippen molar-refractivity contribution in [3.63, 3.8) is 0 Å². The first kappa shape index (κ1) is 17.8. The van der Waals surface area contributed by atoms with Crippen LogP contribution in [0.1, 0.15) is 51.7 Å². The zero-order valence-electron chi connectivity index (χ0n) is 14.0. The fourth-order valence-corrected chi connectivity index (χ4v) is 2.75. The third kappa shape index (κ3) is 6.33. The molecule has 0 aliphatic carbocycles. The maximum atomic E-state index is 5.44. The summed E-state index contributed by atoms with van der Waals surface area (Å²) >= 11 is 0. The highest BCUT2D eigenvalue weighted by atomic mass is 15.2. The summed E-state index contributed by atoms with van der Waals surface area (Å²) in [5.74, 6) is 6.73. The second-order valence-electron chi connectivity index (χ2n) is 6.00. The Morgan fingerprint density at radius 1 is 1.19 bits per heavy atom. The maximum absolute atomic E-state index is 5.44. The minimum Gasteiger partial charge on any atom is -0.320 e. The third-order valence-electron chi connectivity index (χ3n) is 3.71. The first-order valence-corrected chi connectivity index (χ1v) is 8.12. The number of hydrogen-bond acceptors (Lipinski definition) is 2. The first-order chi connectivity index (χ1) is 10.1. The molecule has 0 aliphatic heterocycles. The van der Waals surface area contributed by atoms with E-state index < -0.39 is 0 Å². The summed E-state index contributed by atoms with van der Waals surface area (Å²) in [6, 6.07) is 9.19. The van der Waals surface area contributed by atoms with Crippen molar-refractivity contribution in [2.45, 2.75) is 53.1 Å². The molecule has 0 aliphatic rings. The largest absolute Gasteiger partial charge is 0.320 e. The number of nitrogens with two attached hydrogens (primary N) is 1. The number of nitrogens with zero attached hydrogens (tertiary/aromatic N) is 1. The van der Waals surface area contributed by atoms with Crippen molar-refractivity contribution in [2.75, 3.05) is 13.1 Å². The van der Waals surface area contributed by atoms with E-state index in [1.54, 1.807) is 0 Å². The molecule has 0 saturated carbocycles. The summed E-state index contributed by atoms with van der Waals surface area (Å²) in [6.45, 7) is 11.7. The Kier molecular flexibility index (Phi) is 8.12. The van der Waals surface area contributed by atoms with Gasteiger partial charge in [0.1, 0.15) is 0 Å². The standard InChI is InChI=1S/C19H30N2/c1-5-19(6-2)21(14-16(3)4)15-18-10-7-9-17(13-18)11-8-12-20/h7,9-10,13,16,19H,5-6,12,14-15,20H2,1-4H3. The molecule has 0 saturated heterocycles. The molecular weight excluding hydrogens is 256 g/mol. The van der Waals surface area contributed by atoms with Gasteiger partial charge < -0.3 is 5.73 Å². The van der Waals surface area contributed by atoms with Crippen LogP contribution in [-0.4, -0.2) is 24.0 Å². The predicted molar refractivity (Wildman–Crippen MR) is 92.0 cm³/mol. The van der Waals surface area contributed by atoms with Crippen LogP contribution in [0.25, 0.3) is 0 Å². The summed E-state index contributed by atoms with van der Waals surface area (Å²) in [5.41, 5.74) is 7.85. The van der Waals surface area contributed by atoms with E-state index in [2.05, 4.69) is 68.7 Å². The molecule has 0 spiro atoms. The molecule has 0 fully saturated rings. The summed E-state index contributed by atoms with van der Waals surface area (Å²) in [7, 11) is 0. The number of rotatable bonds is 7. The van der Waals surface area contributed by atoms with Crippen molar-refractivity contribution in [3.05, 3.63) is 35.4 Å². The Morgan fingerprint density at radius 2 is 1.90 bits per heavy atom. The predicted octanol–water partition coefficient (Wildman–Crippen LogP) is 3.64. The molecule has 0 atom stereocenters. The van der Waals surface area contributed by atoms with Crippen molar-refractivity contribution in [1.29, 1.82) is 0 Å². The van der Waals surface area contributed by atoms with Crippen LogP contribution in [-0.2, 0) is 6.54 Å². The zero-order valence-corrected chi connectivity index (χ0v) is 14.0. The monoisotopic (exact) mass is 286 g/mol. The van der Waals surface area contributed by atoms with Crippen LogP contribution >= 0.6 is 0 Å². The topological polar surface area (TPSA) is 29.3 Å². The lowest BCUT2D eigenvalue weighted by Gasteiger charge is -2.32. The molecule has 21 heavy (non-hydrogen) atoms. The van der Waals surface area contributed by atoms with Gasteiger partial charge in [0.25, 0.3) is 0 Å². The molecular formula is C19H30N2. The molecule has 0 amide bonds. The van der Waals surface area contributed by atoms with Crippen LogP contribution in [0.2, 0.25) is 0 Å². The fourth-order valence-electron chi connectivity index (χ4n) is 2.75. The Balaban J connectivity index is 2.87. The summed E-state index contributed by atoms with van der Waals surface area (Å²) < 4.78 is 0. The number of hydrogen-bond donors (Lipinski definition) is 1. The van der Waals surface area contributed by atoms with E-state index in [0.717, 1.165) is 18.7 Å². The molecule has 116 valence electrons. The lowest BCUT2D eigenvalue weighted by molar-refractivity contribution is 0.157. The smallest absolute Gasteiger partial charge is 0.0555 e. The van der Waals surface area contributed by atoms with Gasteiger partial charge in [-0.25, -0.2) is 0 Å². The lowest BCUT2D eigenvalue weighted by atomic mass is 10.0. The van der Waals surface area contributed by atoms with Gasteiger partial charge in [0.05, 0.1) is 6.54 Å². The van der Waals surface area contributed by atoms with Crippen molar-refractivity contribution in [2.24, 2.45) is 11.7 Å². The van der Waals surface area contributed by atoms with Gasteiger partial charge in [-0.2, -0.15) is 0 Å². The van der Waals surface area contributed by atoms with E-state index >= 15 is 0 Å². The molecule has 2 N–H and O–H groups in total. The van der Waals surface area contributed by atoms with E-state index in [0.29, 0.717) is 18.5 Å². The minimum atomic E-state index is 0.414. The number of benzene rings is 1. The highest BCUT2D eigenvalue weighted by Crippen LogP contribution is 2.16. The molecule has 2 nitrogen and oxygen atoms in total. The Morgan fingerprint density at radius 3 is 2.48 bits per heavy atom. The van der Waals surface area contributed by atoms with Gasteiger partial charge in [-0.3, -0.25) is 4.90 Å². The summed E-state index contributed by atoms with van der Waals surface area (Å²) in [5, 5.41) is 0. The van der Waals surface area contributed by atoms with Crippen molar-refractivity contribution >= 4 is 0 Å². The van der Waals surface area contributed by atoms with Gasteiger partial charge in [-0.1, -0.05) is 51.7 Å². The molecule has 1 rings (SSSR count). The van der Waals surface area contributed by atoms with Gasteiger partial charge in [-0.05, 0) is 36.5 Å². The van der Waals surface area contributed by atoms with Gasteiger partial charge in [0.2, 0.25) is 0 Å². The van der Waals surface area contributed by atoms with E-state index in [9.17, 15) is 0 Å². The molecule has 0 unspecified atom stereocenters. The van der Waals surface area contributed by atoms with E-state index in [1.165, 1.54) is 18.4 Å². The second-order valence-corrected chi connectivity index (χ2v) is 6.00. The van der Waals surface area contributed by atoms with Gasteiger partial charge in [0.15, 0.2) is 0 Å². The van der Waals surface area contributed by atoms with Gasteiger partial charge >= 0.3 is 0 Å². The molecule has 0 heterocycles. The maximum Gasteiger partial charge on any atom is 0.0555 e. The minimum absolute atomic E-state index is 0.414. The van der Waals surface area contributed by atoms with E-state index in [1.807, 2.05) is 0 Å². The average Bonchev–Trinajstić information content (AvgIpc) is 2.46. The van der Waals surface area contributed by atoms with Crippen LogP contribution in [0.4, 0.5) is 0 Å². The lowest BCUT2D eigenvalue weighted by Crippen LogP contribution is -2.36. The van der Waals surface area contributed by atoms with Crippen molar-refractivity contribution in [3.8, 4) is 11.8 Å². The Labute approximate surface area is 130 Å². The van der Waals surface area contributed by atoms with Crippen LogP contribution in [0.15, 0.2) is 24.3 Å². The SMILES string of the molecule is CCC(CC)N(Cc1cccc(C#CCN)c1)CC(C)C. The van der Waals surface area contributed by atoms with Crippen molar-refractivity contribution < 1.29 is 0 Å². The first-order valence-electron chi connectivity index (χ1n) is 8.12. The highest BCUT2D eigenvalue weighted by molar-refractivity contribution is 5.37. The van der Waals surface area contributed by atoms with E-state index in [4.69, 9.17) is 5.73 Å². The second kappa shape index (κ2) is 9.60. The molecule has 1 aromatic carbocycles. The molecule has 2 heteroatoms. The molecule has 1 aromatic rings. The Bertz CT molecular complexity index is 464. The third-order valence-corrected chi connectivity index (χ3v) is 3.71. The van der Waals surface area contributed by atoms with Crippen LogP contribution < -0.4 is 5.73 Å². The Hall–Kier alpha value is -1.30. The van der Waals surface area contributed by atoms with Crippen molar-refractivity contribution in [1.82, 2.24) is 4.90 Å². The van der Waals surface area contributed by atoms with Gasteiger partial charge in [-0.15, -0.1) is 0 Å². The summed E-state index contributed by atoms with van der Waals surface area (Å²) in [4.78, 5) is 2.61.